The molecule has 0 unspecified atom stereocenters. The topological polar surface area (TPSA) is 113 Å². The van der Waals surface area contributed by atoms with E-state index in [1.54, 1.807) is 36.1 Å². The van der Waals surface area contributed by atoms with Gasteiger partial charge < -0.3 is 20.1 Å². The van der Waals surface area contributed by atoms with Gasteiger partial charge in [-0.2, -0.15) is 10.2 Å². The number of amides is 1. The minimum atomic E-state index is -0.0999. The summed E-state index contributed by atoms with van der Waals surface area (Å²) in [5.41, 5.74) is 9.93. The Kier molecular flexibility index (Phi) is 6.27. The number of likely N-dealkylation sites (tertiary alicyclic amines) is 1. The highest BCUT2D eigenvalue weighted by Gasteiger charge is 2.30. The van der Waals surface area contributed by atoms with Gasteiger partial charge in [0.1, 0.15) is 23.0 Å². The molecule has 188 valence electrons. The number of carbonyl (C=O) groups is 1. The van der Waals surface area contributed by atoms with Crippen LogP contribution in [0.15, 0.2) is 49.3 Å². The predicted octanol–water partition coefficient (Wildman–Crippen LogP) is 2.79. The third-order valence-electron chi connectivity index (χ3n) is 6.42. The van der Waals surface area contributed by atoms with Gasteiger partial charge in [-0.05, 0) is 36.6 Å². The van der Waals surface area contributed by atoms with Crippen LogP contribution in [0.1, 0.15) is 23.7 Å². The van der Waals surface area contributed by atoms with Crippen molar-refractivity contribution in [1.82, 2.24) is 29.4 Å². The van der Waals surface area contributed by atoms with Crippen molar-refractivity contribution in [2.75, 3.05) is 33.0 Å². The lowest BCUT2D eigenvalue weighted by atomic mass is 10.1. The van der Waals surface area contributed by atoms with Gasteiger partial charge in [0.25, 0.3) is 0 Å². The van der Waals surface area contributed by atoms with E-state index in [0.29, 0.717) is 47.1 Å². The summed E-state index contributed by atoms with van der Waals surface area (Å²) in [5, 5.41) is 10.1. The van der Waals surface area contributed by atoms with Crippen molar-refractivity contribution in [1.29, 1.82) is 0 Å². The molecule has 0 spiro atoms. The van der Waals surface area contributed by atoms with Crippen LogP contribution < -0.4 is 15.2 Å². The first kappa shape index (κ1) is 23.9. The summed E-state index contributed by atoms with van der Waals surface area (Å²) in [6.45, 7) is 4.73. The first-order valence-corrected chi connectivity index (χ1v) is 11.7. The summed E-state index contributed by atoms with van der Waals surface area (Å²) in [7, 11) is 5.04. The second-order valence-corrected chi connectivity index (χ2v) is 8.73. The van der Waals surface area contributed by atoms with Gasteiger partial charge in [-0.1, -0.05) is 12.5 Å². The largest absolute Gasteiger partial charge is 0.497 e. The molecule has 1 fully saturated rings. The summed E-state index contributed by atoms with van der Waals surface area (Å²) in [4.78, 5) is 18.5. The molecule has 37 heavy (non-hydrogen) atoms. The minimum Gasteiger partial charge on any atom is -0.497 e. The lowest BCUT2D eigenvalue weighted by molar-refractivity contribution is -0.125. The van der Waals surface area contributed by atoms with E-state index in [1.807, 2.05) is 36.1 Å². The maximum atomic E-state index is 12.3. The van der Waals surface area contributed by atoms with E-state index in [1.165, 1.54) is 6.08 Å². The van der Waals surface area contributed by atoms with Gasteiger partial charge in [-0.25, -0.2) is 4.98 Å². The SMILES string of the molecule is C=CC(=O)N1CC[C@H](n2nc(C#Cc3cc(OC)cc(OC)c3)c3c(N)ncc(-c4ccn(C)n4)c32)C1. The van der Waals surface area contributed by atoms with Gasteiger partial charge >= 0.3 is 0 Å². The van der Waals surface area contributed by atoms with Crippen LogP contribution in [0.25, 0.3) is 22.2 Å². The Bertz CT molecular complexity index is 1550. The fraction of sp³-hybridized carbons (Fsp3) is 0.259. The molecule has 4 heterocycles. The zero-order valence-corrected chi connectivity index (χ0v) is 20.9. The molecule has 1 saturated heterocycles. The van der Waals surface area contributed by atoms with Gasteiger partial charge in [0.05, 0.1) is 36.9 Å². The predicted molar refractivity (Wildman–Crippen MR) is 140 cm³/mol. The average Bonchev–Trinajstić information content (AvgIpc) is 3.66. The smallest absolute Gasteiger partial charge is 0.246 e. The number of ether oxygens (including phenoxy) is 2. The van der Waals surface area contributed by atoms with Gasteiger partial charge in [0.15, 0.2) is 0 Å². The standard InChI is InChI=1S/C27H27N7O3/c1-5-24(35)33-11-8-18(16-33)34-26-21(22-9-10-32(2)30-22)15-29-27(28)25(26)23(31-34)7-6-17-12-19(36-3)14-20(13-17)37-4/h5,9-10,12-15,18H,1,8,11,16H2,2-4H3,(H2,28,29)/t18-/m0/s1. The second kappa shape index (κ2) is 9.70. The number of fused-ring (bicyclic) bond motifs is 1. The van der Waals surface area contributed by atoms with Crippen molar-refractivity contribution in [2.24, 2.45) is 7.05 Å². The van der Waals surface area contributed by atoms with Crippen molar-refractivity contribution in [3.05, 3.63) is 60.6 Å². The maximum absolute atomic E-state index is 12.3. The zero-order chi connectivity index (χ0) is 26.1. The van der Waals surface area contributed by atoms with Crippen LogP contribution in [-0.4, -0.2) is 62.7 Å². The number of aryl methyl sites for hydroxylation is 1. The van der Waals surface area contributed by atoms with Gasteiger partial charge in [0, 0.05) is 49.7 Å². The number of nitrogens with zero attached hydrogens (tertiary/aromatic N) is 6. The molecule has 3 aromatic heterocycles. The molecule has 1 aromatic carbocycles. The molecule has 0 radical (unpaired) electrons. The third kappa shape index (κ3) is 4.47. The number of rotatable bonds is 5. The molecule has 4 aromatic rings. The van der Waals surface area contributed by atoms with Crippen LogP contribution in [0.3, 0.4) is 0 Å². The van der Waals surface area contributed by atoms with E-state index >= 15 is 0 Å². The second-order valence-electron chi connectivity index (χ2n) is 8.73. The van der Waals surface area contributed by atoms with Crippen LogP contribution in [0.2, 0.25) is 0 Å². The molecule has 1 amide bonds. The molecule has 0 saturated carbocycles. The first-order valence-electron chi connectivity index (χ1n) is 11.7. The Morgan fingerprint density at radius 3 is 2.59 bits per heavy atom. The Balaban J connectivity index is 1.68. The quantitative estimate of drug-likeness (QED) is 0.333. The number of hydrogen-bond acceptors (Lipinski definition) is 7. The summed E-state index contributed by atoms with van der Waals surface area (Å²) < 4.78 is 14.4. The molecule has 10 nitrogen and oxygen atoms in total. The number of methoxy groups -OCH3 is 2. The highest BCUT2D eigenvalue weighted by molar-refractivity contribution is 6.01. The highest BCUT2D eigenvalue weighted by atomic mass is 16.5. The molecule has 1 aliphatic rings. The summed E-state index contributed by atoms with van der Waals surface area (Å²) >= 11 is 0. The van der Waals surface area contributed by atoms with E-state index in [4.69, 9.17) is 20.3 Å². The van der Waals surface area contributed by atoms with E-state index in [-0.39, 0.29) is 11.9 Å². The molecular formula is C27H27N7O3. The normalized spacial score (nSPS) is 14.9. The first-order chi connectivity index (χ1) is 17.9. The lowest BCUT2D eigenvalue weighted by Gasteiger charge is -2.16. The number of anilines is 1. The molecule has 10 heteroatoms. The number of carbonyl (C=O) groups excluding carboxylic acids is 1. The van der Waals surface area contributed by atoms with Crippen molar-refractivity contribution < 1.29 is 14.3 Å². The fourth-order valence-corrected chi connectivity index (χ4v) is 4.57. The van der Waals surface area contributed by atoms with E-state index in [2.05, 4.69) is 28.5 Å². The number of benzene rings is 1. The number of aromatic nitrogens is 5. The molecule has 1 aliphatic heterocycles. The zero-order valence-electron chi connectivity index (χ0n) is 20.9. The van der Waals surface area contributed by atoms with Crippen LogP contribution in [0, 0.1) is 11.8 Å². The number of hydrogen-bond donors (Lipinski definition) is 1. The van der Waals surface area contributed by atoms with E-state index in [0.717, 1.165) is 23.2 Å². The fourth-order valence-electron chi connectivity index (χ4n) is 4.57. The van der Waals surface area contributed by atoms with Crippen molar-refractivity contribution in [3.8, 4) is 34.6 Å². The molecule has 1 atom stereocenters. The Morgan fingerprint density at radius 1 is 1.19 bits per heavy atom. The molecule has 5 rings (SSSR count). The number of nitrogen functional groups attached to an aromatic ring is 1. The van der Waals surface area contributed by atoms with E-state index < -0.39 is 0 Å². The number of nitrogens with two attached hydrogens (primary N) is 1. The Labute approximate surface area is 214 Å². The highest BCUT2D eigenvalue weighted by Crippen LogP contribution is 2.36. The molecule has 0 bridgehead atoms. The van der Waals surface area contributed by atoms with Crippen molar-refractivity contribution in [3.63, 3.8) is 0 Å². The molecule has 2 N–H and O–H groups in total. The summed E-state index contributed by atoms with van der Waals surface area (Å²) in [6, 6.07) is 7.28. The van der Waals surface area contributed by atoms with Crippen molar-refractivity contribution >= 4 is 22.6 Å². The summed E-state index contributed by atoms with van der Waals surface area (Å²) in [5.74, 6) is 7.85. The van der Waals surface area contributed by atoms with E-state index in [9.17, 15) is 4.79 Å². The van der Waals surface area contributed by atoms with Crippen LogP contribution in [-0.2, 0) is 11.8 Å². The van der Waals surface area contributed by atoms with Gasteiger partial charge in [-0.15, -0.1) is 0 Å². The van der Waals surface area contributed by atoms with Crippen LogP contribution >= 0.6 is 0 Å². The third-order valence-corrected chi connectivity index (χ3v) is 6.42. The van der Waals surface area contributed by atoms with Gasteiger partial charge in [0.2, 0.25) is 5.91 Å². The minimum absolute atomic E-state index is 0.0666. The molecule has 0 aliphatic carbocycles. The monoisotopic (exact) mass is 497 g/mol. The van der Waals surface area contributed by atoms with Gasteiger partial charge in [-0.3, -0.25) is 14.2 Å². The Morgan fingerprint density at radius 2 is 1.95 bits per heavy atom. The Hall–Kier alpha value is -4.78. The number of pyridine rings is 1. The molecular weight excluding hydrogens is 470 g/mol. The average molecular weight is 498 g/mol. The lowest BCUT2D eigenvalue weighted by Crippen LogP contribution is -2.27. The summed E-state index contributed by atoms with van der Waals surface area (Å²) in [6.07, 6.45) is 5.66. The van der Waals surface area contributed by atoms with Crippen molar-refractivity contribution in [2.45, 2.75) is 12.5 Å². The van der Waals surface area contributed by atoms with Crippen LogP contribution in [0.4, 0.5) is 5.82 Å². The maximum Gasteiger partial charge on any atom is 0.246 e. The van der Waals surface area contributed by atoms with Crippen LogP contribution in [0.5, 0.6) is 11.5 Å².